The van der Waals surface area contributed by atoms with Crippen molar-refractivity contribution in [1.29, 1.82) is 0 Å². The summed E-state index contributed by atoms with van der Waals surface area (Å²) in [7, 11) is 2.04. The van der Waals surface area contributed by atoms with Crippen molar-refractivity contribution in [2.75, 3.05) is 30.8 Å². The summed E-state index contributed by atoms with van der Waals surface area (Å²) in [4.78, 5) is 15.4. The first-order valence-corrected chi connectivity index (χ1v) is 9.48. The zero-order valence-electron chi connectivity index (χ0n) is 14.1. The topological polar surface area (TPSA) is 32.3 Å². The van der Waals surface area contributed by atoms with Crippen molar-refractivity contribution < 1.29 is 4.79 Å². The molecule has 0 spiro atoms. The predicted octanol–water partition coefficient (Wildman–Crippen LogP) is 3.52. The number of para-hydroxylation sites is 1. The van der Waals surface area contributed by atoms with Gasteiger partial charge in [-0.1, -0.05) is 24.3 Å². The van der Waals surface area contributed by atoms with E-state index in [0.717, 1.165) is 6.54 Å². The minimum Gasteiger partial charge on any atom is -0.373 e. The second-order valence-corrected chi connectivity index (χ2v) is 7.23. The number of hydrogen-bond acceptors (Lipinski definition) is 3. The predicted molar refractivity (Wildman–Crippen MR) is 102 cm³/mol. The van der Waals surface area contributed by atoms with E-state index in [1.54, 1.807) is 11.8 Å². The van der Waals surface area contributed by atoms with Gasteiger partial charge in [0.15, 0.2) is 0 Å². The molecule has 0 heterocycles. The number of fused-ring (bicyclic) bond motifs is 1. The molecule has 126 valence electrons. The molecule has 0 atom stereocenters. The molecule has 24 heavy (non-hydrogen) atoms. The monoisotopic (exact) mass is 340 g/mol. The summed E-state index contributed by atoms with van der Waals surface area (Å²) in [6.07, 6.45) is 3.65. The first-order valence-electron chi connectivity index (χ1n) is 8.50. The molecule has 0 radical (unpaired) electrons. The number of amides is 1. The highest BCUT2D eigenvalue weighted by Gasteiger charge is 2.11. The van der Waals surface area contributed by atoms with Crippen molar-refractivity contribution in [3.8, 4) is 0 Å². The average molecular weight is 340 g/mol. The van der Waals surface area contributed by atoms with Crippen LogP contribution in [0.4, 0.5) is 5.69 Å². The summed E-state index contributed by atoms with van der Waals surface area (Å²) in [5.41, 5.74) is 4.11. The first-order chi connectivity index (χ1) is 11.7. The zero-order chi connectivity index (χ0) is 16.8. The number of benzene rings is 2. The smallest absolute Gasteiger partial charge is 0.230 e. The number of anilines is 1. The van der Waals surface area contributed by atoms with Crippen molar-refractivity contribution in [3.63, 3.8) is 0 Å². The Kier molecular flexibility index (Phi) is 5.81. The van der Waals surface area contributed by atoms with Gasteiger partial charge in [-0.25, -0.2) is 0 Å². The Bertz CT molecular complexity index is 687. The fourth-order valence-electron chi connectivity index (χ4n) is 3.01. The molecule has 1 aliphatic carbocycles. The van der Waals surface area contributed by atoms with Crippen molar-refractivity contribution in [2.45, 2.75) is 24.2 Å². The summed E-state index contributed by atoms with van der Waals surface area (Å²) in [5, 5.41) is 3.00. The number of hydrogen-bond donors (Lipinski definition) is 1. The van der Waals surface area contributed by atoms with Crippen molar-refractivity contribution in [2.24, 2.45) is 0 Å². The van der Waals surface area contributed by atoms with Crippen molar-refractivity contribution in [1.82, 2.24) is 5.32 Å². The Morgan fingerprint density at radius 2 is 1.92 bits per heavy atom. The van der Waals surface area contributed by atoms with Gasteiger partial charge in [0.05, 0.1) is 5.75 Å². The number of rotatable bonds is 7. The zero-order valence-corrected chi connectivity index (χ0v) is 14.9. The Morgan fingerprint density at radius 1 is 1.12 bits per heavy atom. The molecule has 3 nitrogen and oxygen atoms in total. The van der Waals surface area contributed by atoms with Crippen LogP contribution in [0.2, 0.25) is 0 Å². The number of nitrogens with zero attached hydrogens (tertiary/aromatic N) is 1. The fraction of sp³-hybridized carbons (Fsp3) is 0.350. The summed E-state index contributed by atoms with van der Waals surface area (Å²) in [6.45, 7) is 1.47. The molecular formula is C20H24N2OS. The maximum absolute atomic E-state index is 12.0. The van der Waals surface area contributed by atoms with Gasteiger partial charge in [-0.15, -0.1) is 11.8 Å². The van der Waals surface area contributed by atoms with Crippen LogP contribution in [-0.2, 0) is 17.6 Å². The molecular weight excluding hydrogens is 316 g/mol. The lowest BCUT2D eigenvalue weighted by atomic mass is 10.1. The average Bonchev–Trinajstić information content (AvgIpc) is 3.08. The molecule has 2 aromatic carbocycles. The maximum atomic E-state index is 12.0. The SMILES string of the molecule is CN(CCNC(=O)CSc1ccc2c(c1)CCC2)c1ccccc1. The molecule has 1 N–H and O–H groups in total. The van der Waals surface area contributed by atoms with Gasteiger partial charge in [0.1, 0.15) is 0 Å². The second kappa shape index (κ2) is 8.25. The molecule has 0 fully saturated rings. The lowest BCUT2D eigenvalue weighted by molar-refractivity contribution is -0.118. The van der Waals surface area contributed by atoms with E-state index in [1.807, 2.05) is 25.2 Å². The van der Waals surface area contributed by atoms with Crippen LogP contribution in [0.3, 0.4) is 0 Å². The van der Waals surface area contributed by atoms with E-state index in [4.69, 9.17) is 0 Å². The maximum Gasteiger partial charge on any atom is 0.230 e. The normalized spacial score (nSPS) is 12.7. The Hall–Kier alpha value is -1.94. The quantitative estimate of drug-likeness (QED) is 0.783. The first kappa shape index (κ1) is 16.9. The van der Waals surface area contributed by atoms with E-state index in [1.165, 1.54) is 41.0 Å². The second-order valence-electron chi connectivity index (χ2n) is 6.18. The van der Waals surface area contributed by atoms with E-state index in [-0.39, 0.29) is 5.91 Å². The summed E-state index contributed by atoms with van der Waals surface area (Å²) in [6, 6.07) is 16.8. The lowest BCUT2D eigenvalue weighted by Gasteiger charge is -2.19. The molecule has 1 aliphatic rings. The van der Waals surface area contributed by atoms with Gasteiger partial charge >= 0.3 is 0 Å². The van der Waals surface area contributed by atoms with Crippen LogP contribution < -0.4 is 10.2 Å². The minimum absolute atomic E-state index is 0.0990. The molecule has 0 unspecified atom stereocenters. The molecule has 4 heteroatoms. The van der Waals surface area contributed by atoms with Crippen LogP contribution in [0.1, 0.15) is 17.5 Å². The summed E-state index contributed by atoms with van der Waals surface area (Å²) in [5.74, 6) is 0.579. The number of thioether (sulfide) groups is 1. The van der Waals surface area contributed by atoms with Gasteiger partial charge in [0.2, 0.25) is 5.91 Å². The van der Waals surface area contributed by atoms with Gasteiger partial charge in [0.25, 0.3) is 0 Å². The van der Waals surface area contributed by atoms with Gasteiger partial charge in [0, 0.05) is 30.7 Å². The summed E-state index contributed by atoms with van der Waals surface area (Å²) >= 11 is 1.62. The van der Waals surface area contributed by atoms with Crippen LogP contribution >= 0.6 is 11.8 Å². The number of nitrogens with one attached hydrogen (secondary N) is 1. The highest BCUT2D eigenvalue weighted by atomic mass is 32.2. The highest BCUT2D eigenvalue weighted by Crippen LogP contribution is 2.27. The standard InChI is InChI=1S/C20H24N2OS/c1-22(18-8-3-2-4-9-18)13-12-21-20(23)15-24-19-11-10-16-6-5-7-17(16)14-19/h2-4,8-11,14H,5-7,12-13,15H2,1H3,(H,21,23). The molecule has 0 aliphatic heterocycles. The molecule has 3 rings (SSSR count). The van der Waals surface area contributed by atoms with E-state index in [9.17, 15) is 4.79 Å². The van der Waals surface area contributed by atoms with E-state index in [2.05, 4.69) is 40.5 Å². The molecule has 0 aromatic heterocycles. The van der Waals surface area contributed by atoms with E-state index in [0.29, 0.717) is 12.3 Å². The van der Waals surface area contributed by atoms with Crippen LogP contribution in [-0.4, -0.2) is 31.8 Å². The largest absolute Gasteiger partial charge is 0.373 e. The third-order valence-electron chi connectivity index (χ3n) is 4.41. The van der Waals surface area contributed by atoms with E-state index >= 15 is 0 Å². The van der Waals surface area contributed by atoms with E-state index < -0.39 is 0 Å². The van der Waals surface area contributed by atoms with Crippen LogP contribution in [0, 0.1) is 0 Å². The molecule has 2 aromatic rings. The third kappa shape index (κ3) is 4.54. The number of aryl methyl sites for hydroxylation is 2. The number of carbonyl (C=O) groups is 1. The Labute approximate surface area is 148 Å². The van der Waals surface area contributed by atoms with Crippen LogP contribution in [0.15, 0.2) is 53.4 Å². The Balaban J connectivity index is 1.38. The van der Waals surface area contributed by atoms with Crippen LogP contribution in [0.25, 0.3) is 0 Å². The van der Waals surface area contributed by atoms with Crippen molar-refractivity contribution >= 4 is 23.4 Å². The van der Waals surface area contributed by atoms with Crippen LogP contribution in [0.5, 0.6) is 0 Å². The number of carbonyl (C=O) groups excluding carboxylic acids is 1. The van der Waals surface area contributed by atoms with Crippen molar-refractivity contribution in [3.05, 3.63) is 59.7 Å². The van der Waals surface area contributed by atoms with Gasteiger partial charge in [-0.05, 0) is 54.7 Å². The lowest BCUT2D eigenvalue weighted by Crippen LogP contribution is -2.33. The third-order valence-corrected chi connectivity index (χ3v) is 5.40. The van der Waals surface area contributed by atoms with Gasteiger partial charge < -0.3 is 10.2 Å². The highest BCUT2D eigenvalue weighted by molar-refractivity contribution is 8.00. The number of likely N-dealkylation sites (N-methyl/N-ethyl adjacent to an activating group) is 1. The molecule has 0 bridgehead atoms. The fourth-order valence-corrected chi connectivity index (χ4v) is 3.80. The van der Waals surface area contributed by atoms with Gasteiger partial charge in [-0.2, -0.15) is 0 Å². The summed E-state index contributed by atoms with van der Waals surface area (Å²) < 4.78 is 0. The van der Waals surface area contributed by atoms with Gasteiger partial charge in [-0.3, -0.25) is 4.79 Å². The molecule has 0 saturated heterocycles. The molecule has 1 amide bonds. The molecule has 0 saturated carbocycles. The Morgan fingerprint density at radius 3 is 2.75 bits per heavy atom. The minimum atomic E-state index is 0.0990.